The van der Waals surface area contributed by atoms with Gasteiger partial charge >= 0.3 is 5.97 Å². The highest BCUT2D eigenvalue weighted by Gasteiger charge is 2.38. The molecule has 2 atom stereocenters. The molecule has 1 heterocycles. The molecule has 1 aliphatic rings. The monoisotopic (exact) mass is 144 g/mol. The molecule has 4 nitrogen and oxygen atoms in total. The molecule has 0 saturated carbocycles. The summed E-state index contributed by atoms with van der Waals surface area (Å²) in [4.78, 5) is 19.9. The predicted molar refractivity (Wildman–Crippen MR) is 31.6 cm³/mol. The summed E-state index contributed by atoms with van der Waals surface area (Å²) in [6.07, 6.45) is 0.758. The van der Waals surface area contributed by atoms with E-state index < -0.39 is 5.97 Å². The number of hydrogen-bond donors (Lipinski definition) is 1. The Morgan fingerprint density at radius 1 is 1.70 bits per heavy atom. The van der Waals surface area contributed by atoms with Crippen LogP contribution in [0.2, 0.25) is 0 Å². The van der Waals surface area contributed by atoms with Crippen LogP contribution in [0.15, 0.2) is 0 Å². The predicted octanol–water partition coefficient (Wildman–Crippen LogP) is -0.182. The van der Waals surface area contributed by atoms with Crippen molar-refractivity contribution in [2.75, 3.05) is 0 Å². The topological polar surface area (TPSA) is 66.9 Å². The zero-order valence-corrected chi connectivity index (χ0v) is 5.32. The van der Waals surface area contributed by atoms with Gasteiger partial charge in [-0.15, -0.1) is 0 Å². The Kier molecular flexibility index (Phi) is 2.01. The van der Waals surface area contributed by atoms with E-state index in [2.05, 4.69) is 0 Å². The molecule has 1 fully saturated rings. The molecule has 1 saturated heterocycles. The van der Waals surface area contributed by atoms with E-state index in [0.717, 1.165) is 0 Å². The molecule has 1 aliphatic heterocycles. The highest BCUT2D eigenvalue weighted by Crippen LogP contribution is 2.24. The van der Waals surface area contributed by atoms with Gasteiger partial charge in [-0.25, -0.2) is 0 Å². The summed E-state index contributed by atoms with van der Waals surface area (Å²) in [6, 6.07) is 0. The lowest BCUT2D eigenvalue weighted by molar-refractivity contribution is -0.137. The summed E-state index contributed by atoms with van der Waals surface area (Å²) in [7, 11) is 0. The quantitative estimate of drug-likeness (QED) is 0.439. The molecular formula is C6H8O4. The van der Waals surface area contributed by atoms with Crippen LogP contribution in [0.4, 0.5) is 0 Å². The number of carbonyl (C=O) groups excluding carboxylic acids is 1. The second-order valence-electron chi connectivity index (χ2n) is 2.21. The van der Waals surface area contributed by atoms with Crippen molar-refractivity contribution in [1.82, 2.24) is 0 Å². The number of ether oxygens (including phenoxy) is 1. The SMILES string of the molecule is O=C[C@@H]1O[C@H]1CCC(=O)O. The highest BCUT2D eigenvalue weighted by molar-refractivity contribution is 5.67. The minimum absolute atomic E-state index is 0.0784. The third-order valence-corrected chi connectivity index (χ3v) is 1.40. The van der Waals surface area contributed by atoms with Crippen LogP contribution in [0.5, 0.6) is 0 Å². The summed E-state index contributed by atoms with van der Waals surface area (Å²) in [5.41, 5.74) is 0. The third kappa shape index (κ3) is 1.80. The Hall–Kier alpha value is -0.900. The Morgan fingerprint density at radius 3 is 2.80 bits per heavy atom. The van der Waals surface area contributed by atoms with Gasteiger partial charge in [0.1, 0.15) is 6.10 Å². The normalized spacial score (nSPS) is 29.6. The van der Waals surface area contributed by atoms with Crippen molar-refractivity contribution in [3.05, 3.63) is 0 Å². The van der Waals surface area contributed by atoms with Crippen molar-refractivity contribution in [2.45, 2.75) is 25.0 Å². The van der Waals surface area contributed by atoms with Gasteiger partial charge in [-0.1, -0.05) is 0 Å². The van der Waals surface area contributed by atoms with Crippen molar-refractivity contribution >= 4 is 12.3 Å². The van der Waals surface area contributed by atoms with E-state index in [0.29, 0.717) is 12.7 Å². The number of epoxide rings is 1. The molecule has 0 spiro atoms. The first-order chi connectivity index (χ1) is 4.74. The third-order valence-electron chi connectivity index (χ3n) is 1.40. The van der Waals surface area contributed by atoms with Crippen LogP contribution >= 0.6 is 0 Å². The van der Waals surface area contributed by atoms with Gasteiger partial charge in [0.05, 0.1) is 6.10 Å². The van der Waals surface area contributed by atoms with Crippen LogP contribution in [0.3, 0.4) is 0 Å². The molecular weight excluding hydrogens is 136 g/mol. The number of rotatable bonds is 4. The number of aliphatic carboxylic acids is 1. The molecule has 10 heavy (non-hydrogen) atoms. The second kappa shape index (κ2) is 2.79. The fraction of sp³-hybridized carbons (Fsp3) is 0.667. The van der Waals surface area contributed by atoms with Crippen molar-refractivity contribution in [2.24, 2.45) is 0 Å². The first kappa shape index (κ1) is 7.21. The Balaban J connectivity index is 2.07. The number of carboxylic acids is 1. The van der Waals surface area contributed by atoms with Crippen molar-refractivity contribution in [3.8, 4) is 0 Å². The molecule has 0 aromatic carbocycles. The van der Waals surface area contributed by atoms with Crippen LogP contribution in [-0.2, 0) is 14.3 Å². The summed E-state index contributed by atoms with van der Waals surface area (Å²) in [6.45, 7) is 0. The Labute approximate surface area is 57.8 Å². The maximum Gasteiger partial charge on any atom is 0.303 e. The lowest BCUT2D eigenvalue weighted by atomic mass is 10.2. The fourth-order valence-electron chi connectivity index (χ4n) is 0.774. The average Bonchev–Trinajstić information content (AvgIpc) is 2.61. The van der Waals surface area contributed by atoms with Gasteiger partial charge in [-0.3, -0.25) is 4.79 Å². The Morgan fingerprint density at radius 2 is 2.40 bits per heavy atom. The number of aldehydes is 1. The van der Waals surface area contributed by atoms with E-state index >= 15 is 0 Å². The summed E-state index contributed by atoms with van der Waals surface area (Å²) >= 11 is 0. The molecule has 56 valence electrons. The second-order valence-corrected chi connectivity index (χ2v) is 2.21. The van der Waals surface area contributed by atoms with Gasteiger partial charge in [0.15, 0.2) is 6.29 Å². The van der Waals surface area contributed by atoms with Gasteiger partial charge in [-0.05, 0) is 6.42 Å². The molecule has 0 radical (unpaired) electrons. The van der Waals surface area contributed by atoms with Crippen molar-refractivity contribution in [3.63, 3.8) is 0 Å². The molecule has 1 rings (SSSR count). The minimum Gasteiger partial charge on any atom is -0.481 e. The van der Waals surface area contributed by atoms with Crippen LogP contribution in [-0.4, -0.2) is 29.6 Å². The molecule has 0 aromatic heterocycles. The Bertz CT molecular complexity index is 154. The van der Waals surface area contributed by atoms with Gasteiger partial charge in [0.2, 0.25) is 0 Å². The van der Waals surface area contributed by atoms with E-state index in [1.807, 2.05) is 0 Å². The maximum atomic E-state index is 9.98. The smallest absolute Gasteiger partial charge is 0.303 e. The van der Waals surface area contributed by atoms with Gasteiger partial charge in [0, 0.05) is 6.42 Å². The average molecular weight is 144 g/mol. The van der Waals surface area contributed by atoms with Crippen molar-refractivity contribution in [1.29, 1.82) is 0 Å². The van der Waals surface area contributed by atoms with Crippen molar-refractivity contribution < 1.29 is 19.4 Å². The molecule has 4 heteroatoms. The van der Waals surface area contributed by atoms with Gasteiger partial charge in [-0.2, -0.15) is 0 Å². The van der Waals surface area contributed by atoms with E-state index in [4.69, 9.17) is 9.84 Å². The lowest BCUT2D eigenvalue weighted by Crippen LogP contribution is -2.00. The van der Waals surface area contributed by atoms with Gasteiger partial charge < -0.3 is 14.6 Å². The van der Waals surface area contributed by atoms with Crippen LogP contribution < -0.4 is 0 Å². The number of carboxylic acid groups (broad SMARTS) is 1. The molecule has 0 aromatic rings. The van der Waals surface area contributed by atoms with Crippen LogP contribution in [0.25, 0.3) is 0 Å². The maximum absolute atomic E-state index is 9.98. The molecule has 0 amide bonds. The lowest BCUT2D eigenvalue weighted by Gasteiger charge is -1.86. The molecule has 0 aliphatic carbocycles. The number of carbonyl (C=O) groups is 2. The van der Waals surface area contributed by atoms with E-state index in [-0.39, 0.29) is 18.6 Å². The zero-order chi connectivity index (χ0) is 7.56. The summed E-state index contributed by atoms with van der Waals surface area (Å²) in [5.74, 6) is -0.847. The first-order valence-corrected chi connectivity index (χ1v) is 3.06. The highest BCUT2D eigenvalue weighted by atomic mass is 16.6. The first-order valence-electron chi connectivity index (χ1n) is 3.06. The summed E-state index contributed by atoms with van der Waals surface area (Å²) < 4.78 is 4.79. The van der Waals surface area contributed by atoms with Crippen LogP contribution in [0, 0.1) is 0 Å². The molecule has 1 N–H and O–H groups in total. The van der Waals surface area contributed by atoms with E-state index in [9.17, 15) is 9.59 Å². The largest absolute Gasteiger partial charge is 0.481 e. The molecule has 0 bridgehead atoms. The molecule has 0 unspecified atom stereocenters. The minimum atomic E-state index is -0.847. The zero-order valence-electron chi connectivity index (χ0n) is 5.32. The van der Waals surface area contributed by atoms with E-state index in [1.54, 1.807) is 0 Å². The number of hydrogen-bond acceptors (Lipinski definition) is 3. The van der Waals surface area contributed by atoms with Gasteiger partial charge in [0.25, 0.3) is 0 Å². The standard InChI is InChI=1S/C6H8O4/c7-3-5-4(10-5)1-2-6(8)9/h3-5H,1-2H2,(H,8,9)/t4-,5-/m0/s1. The van der Waals surface area contributed by atoms with Crippen LogP contribution in [0.1, 0.15) is 12.8 Å². The fourth-order valence-corrected chi connectivity index (χ4v) is 0.774. The van der Waals surface area contributed by atoms with E-state index in [1.165, 1.54) is 0 Å². The summed E-state index contributed by atoms with van der Waals surface area (Å²) in [5, 5.41) is 8.21.